The molecule has 0 spiro atoms. The summed E-state index contributed by atoms with van der Waals surface area (Å²) in [4.78, 5) is 11.8. The summed E-state index contributed by atoms with van der Waals surface area (Å²) in [5.74, 6) is 0.355. The summed E-state index contributed by atoms with van der Waals surface area (Å²) in [5, 5.41) is 4.50. The summed E-state index contributed by atoms with van der Waals surface area (Å²) >= 11 is 0. The van der Waals surface area contributed by atoms with E-state index in [1.54, 1.807) is 0 Å². The standard InChI is InChI=1S/C13H20N2O2/c1-3-11-8-12(15(4-2)14-11)7-10-9-17-6-5-13(10)16/h8,10H,3-7,9H2,1-2H3. The average Bonchev–Trinajstić information content (AvgIpc) is 2.74. The topological polar surface area (TPSA) is 44.1 Å². The van der Waals surface area contributed by atoms with E-state index >= 15 is 0 Å². The Hall–Kier alpha value is -1.16. The van der Waals surface area contributed by atoms with Crippen LogP contribution < -0.4 is 0 Å². The number of ketones is 1. The minimum Gasteiger partial charge on any atom is -0.380 e. The van der Waals surface area contributed by atoms with Crippen molar-refractivity contribution in [2.24, 2.45) is 5.92 Å². The van der Waals surface area contributed by atoms with E-state index in [0.29, 0.717) is 25.4 Å². The fraction of sp³-hybridized carbons (Fsp3) is 0.692. The van der Waals surface area contributed by atoms with Gasteiger partial charge in [-0.3, -0.25) is 9.48 Å². The highest BCUT2D eigenvalue weighted by Crippen LogP contribution is 2.17. The van der Waals surface area contributed by atoms with E-state index in [1.807, 2.05) is 4.68 Å². The third-order valence-electron chi connectivity index (χ3n) is 3.30. The zero-order chi connectivity index (χ0) is 12.3. The molecule has 94 valence electrons. The molecule has 1 aliphatic heterocycles. The van der Waals surface area contributed by atoms with Crippen molar-refractivity contribution in [2.75, 3.05) is 13.2 Å². The van der Waals surface area contributed by atoms with Gasteiger partial charge in [-0.15, -0.1) is 0 Å². The quantitative estimate of drug-likeness (QED) is 0.797. The summed E-state index contributed by atoms with van der Waals surface area (Å²) in [6.45, 7) is 6.19. The fourth-order valence-electron chi connectivity index (χ4n) is 2.25. The molecule has 2 rings (SSSR count). The minimum atomic E-state index is 0.0236. The van der Waals surface area contributed by atoms with Gasteiger partial charge in [-0.25, -0.2) is 0 Å². The van der Waals surface area contributed by atoms with E-state index < -0.39 is 0 Å². The summed E-state index contributed by atoms with van der Waals surface area (Å²) in [6, 6.07) is 2.12. The molecular formula is C13H20N2O2. The Morgan fingerprint density at radius 2 is 2.35 bits per heavy atom. The lowest BCUT2D eigenvalue weighted by Gasteiger charge is -2.20. The van der Waals surface area contributed by atoms with Gasteiger partial charge in [0.05, 0.1) is 18.9 Å². The highest BCUT2D eigenvalue weighted by atomic mass is 16.5. The molecule has 0 N–H and O–H groups in total. The molecule has 1 aromatic heterocycles. The molecule has 1 saturated heterocycles. The van der Waals surface area contributed by atoms with Crippen LogP contribution in [-0.4, -0.2) is 28.8 Å². The number of aryl methyl sites for hydroxylation is 2. The highest BCUT2D eigenvalue weighted by Gasteiger charge is 2.24. The van der Waals surface area contributed by atoms with Crippen molar-refractivity contribution in [3.8, 4) is 0 Å². The molecule has 1 aliphatic rings. The molecule has 17 heavy (non-hydrogen) atoms. The Bertz CT molecular complexity index is 398. The van der Waals surface area contributed by atoms with E-state index in [4.69, 9.17) is 4.74 Å². The van der Waals surface area contributed by atoms with Crippen molar-refractivity contribution in [1.82, 2.24) is 9.78 Å². The van der Waals surface area contributed by atoms with Crippen LogP contribution in [0.1, 0.15) is 31.7 Å². The van der Waals surface area contributed by atoms with Gasteiger partial charge < -0.3 is 4.74 Å². The van der Waals surface area contributed by atoms with Crippen LogP contribution in [0.15, 0.2) is 6.07 Å². The minimum absolute atomic E-state index is 0.0236. The second-order valence-corrected chi connectivity index (χ2v) is 4.49. The molecular weight excluding hydrogens is 216 g/mol. The first kappa shape index (κ1) is 12.3. The zero-order valence-electron chi connectivity index (χ0n) is 10.6. The summed E-state index contributed by atoms with van der Waals surface area (Å²) in [6.07, 6.45) is 2.26. The smallest absolute Gasteiger partial charge is 0.140 e. The van der Waals surface area contributed by atoms with E-state index in [9.17, 15) is 4.79 Å². The summed E-state index contributed by atoms with van der Waals surface area (Å²) < 4.78 is 7.38. The highest BCUT2D eigenvalue weighted by molar-refractivity contribution is 5.82. The fourth-order valence-corrected chi connectivity index (χ4v) is 2.25. The summed E-state index contributed by atoms with van der Waals surface area (Å²) in [5.41, 5.74) is 2.26. The predicted molar refractivity (Wildman–Crippen MR) is 64.9 cm³/mol. The number of carbonyl (C=O) groups excluding carboxylic acids is 1. The number of carbonyl (C=O) groups is 1. The van der Waals surface area contributed by atoms with Crippen LogP contribution in [0.2, 0.25) is 0 Å². The molecule has 1 unspecified atom stereocenters. The van der Waals surface area contributed by atoms with Crippen LogP contribution in [0.5, 0.6) is 0 Å². The molecule has 0 amide bonds. The van der Waals surface area contributed by atoms with Crippen LogP contribution in [-0.2, 0) is 28.9 Å². The van der Waals surface area contributed by atoms with Gasteiger partial charge in [0.25, 0.3) is 0 Å². The van der Waals surface area contributed by atoms with Crippen molar-refractivity contribution >= 4 is 5.78 Å². The van der Waals surface area contributed by atoms with Gasteiger partial charge in [0, 0.05) is 31.0 Å². The van der Waals surface area contributed by atoms with Crippen LogP contribution in [0.25, 0.3) is 0 Å². The largest absolute Gasteiger partial charge is 0.380 e. The Kier molecular flexibility index (Phi) is 3.94. The lowest BCUT2D eigenvalue weighted by molar-refractivity contribution is -0.130. The zero-order valence-corrected chi connectivity index (χ0v) is 10.6. The molecule has 2 heterocycles. The normalized spacial score (nSPS) is 20.8. The van der Waals surface area contributed by atoms with E-state index in [2.05, 4.69) is 25.0 Å². The molecule has 4 heteroatoms. The first-order chi connectivity index (χ1) is 8.24. The van der Waals surface area contributed by atoms with Crippen molar-refractivity contribution in [2.45, 2.75) is 39.7 Å². The molecule has 0 bridgehead atoms. The number of rotatable bonds is 4. The van der Waals surface area contributed by atoms with Crippen molar-refractivity contribution in [3.05, 3.63) is 17.5 Å². The van der Waals surface area contributed by atoms with Gasteiger partial charge in [-0.05, 0) is 19.4 Å². The Balaban J connectivity index is 2.11. The lowest BCUT2D eigenvalue weighted by Crippen LogP contribution is -2.29. The average molecular weight is 236 g/mol. The predicted octanol–water partition coefficient (Wildman–Crippen LogP) is 1.61. The molecule has 0 aliphatic carbocycles. The van der Waals surface area contributed by atoms with Gasteiger partial charge in [-0.2, -0.15) is 5.10 Å². The number of aromatic nitrogens is 2. The maximum Gasteiger partial charge on any atom is 0.140 e. The molecule has 1 aromatic rings. The monoisotopic (exact) mass is 236 g/mol. The third-order valence-corrected chi connectivity index (χ3v) is 3.30. The van der Waals surface area contributed by atoms with E-state index in [0.717, 1.165) is 30.8 Å². The molecule has 0 radical (unpaired) electrons. The third kappa shape index (κ3) is 2.75. The number of ether oxygens (including phenoxy) is 1. The maximum absolute atomic E-state index is 11.8. The molecule has 0 aromatic carbocycles. The Morgan fingerprint density at radius 1 is 1.53 bits per heavy atom. The van der Waals surface area contributed by atoms with E-state index in [1.165, 1.54) is 0 Å². The van der Waals surface area contributed by atoms with Crippen LogP contribution in [0.3, 0.4) is 0 Å². The number of Topliss-reactive ketones (excluding diaryl/α,β-unsaturated/α-hetero) is 1. The van der Waals surface area contributed by atoms with Crippen LogP contribution >= 0.6 is 0 Å². The van der Waals surface area contributed by atoms with Gasteiger partial charge in [-0.1, -0.05) is 6.92 Å². The number of nitrogens with zero attached hydrogens (tertiary/aromatic N) is 2. The van der Waals surface area contributed by atoms with Crippen molar-refractivity contribution in [1.29, 1.82) is 0 Å². The number of hydrogen-bond donors (Lipinski definition) is 0. The van der Waals surface area contributed by atoms with Gasteiger partial charge in [0.1, 0.15) is 5.78 Å². The van der Waals surface area contributed by atoms with Crippen LogP contribution in [0.4, 0.5) is 0 Å². The molecule has 0 saturated carbocycles. The maximum atomic E-state index is 11.8. The van der Waals surface area contributed by atoms with Gasteiger partial charge >= 0.3 is 0 Å². The number of hydrogen-bond acceptors (Lipinski definition) is 3. The summed E-state index contributed by atoms with van der Waals surface area (Å²) in [7, 11) is 0. The second-order valence-electron chi connectivity index (χ2n) is 4.49. The first-order valence-corrected chi connectivity index (χ1v) is 6.40. The second kappa shape index (κ2) is 5.45. The Labute approximate surface area is 102 Å². The van der Waals surface area contributed by atoms with Gasteiger partial charge in [0.2, 0.25) is 0 Å². The molecule has 1 fully saturated rings. The lowest BCUT2D eigenvalue weighted by atomic mass is 9.95. The van der Waals surface area contributed by atoms with Crippen molar-refractivity contribution in [3.63, 3.8) is 0 Å². The van der Waals surface area contributed by atoms with Crippen LogP contribution in [0, 0.1) is 5.92 Å². The van der Waals surface area contributed by atoms with Crippen molar-refractivity contribution < 1.29 is 9.53 Å². The van der Waals surface area contributed by atoms with Gasteiger partial charge in [0.15, 0.2) is 0 Å². The molecule has 4 nitrogen and oxygen atoms in total. The Morgan fingerprint density at radius 3 is 3.00 bits per heavy atom. The molecule has 1 atom stereocenters. The SMILES string of the molecule is CCc1cc(CC2COCCC2=O)n(CC)n1. The van der Waals surface area contributed by atoms with E-state index in [-0.39, 0.29) is 5.92 Å². The first-order valence-electron chi connectivity index (χ1n) is 6.40.